The largest absolute Gasteiger partial charge is 0.429 e. The van der Waals surface area contributed by atoms with Gasteiger partial charge in [0.25, 0.3) is 11.6 Å². The van der Waals surface area contributed by atoms with Crippen molar-refractivity contribution in [3.63, 3.8) is 0 Å². The Morgan fingerprint density at radius 2 is 1.61 bits per heavy atom. The van der Waals surface area contributed by atoms with Gasteiger partial charge in [0, 0.05) is 51.0 Å². The van der Waals surface area contributed by atoms with Crippen LogP contribution in [-0.2, 0) is 18.8 Å². The van der Waals surface area contributed by atoms with Crippen LogP contribution in [0.4, 0.5) is 44.0 Å². The van der Waals surface area contributed by atoms with Crippen LogP contribution in [0, 0.1) is 0 Å². The number of anilines is 3. The molecule has 1 saturated heterocycles. The minimum atomic E-state index is -4.86. The molecule has 0 amide bonds. The van der Waals surface area contributed by atoms with Crippen molar-refractivity contribution in [1.29, 1.82) is 0 Å². The molecular formula is C20H20F6N8O2. The molecule has 2 N–H and O–H groups in total. The maximum absolute atomic E-state index is 13.2. The van der Waals surface area contributed by atoms with Crippen molar-refractivity contribution in [2.75, 3.05) is 41.3 Å². The highest BCUT2D eigenvalue weighted by molar-refractivity contribution is 5.50. The first kappa shape index (κ1) is 25.2. The van der Waals surface area contributed by atoms with E-state index in [1.54, 1.807) is 16.9 Å². The zero-order chi connectivity index (χ0) is 26.1. The summed E-state index contributed by atoms with van der Waals surface area (Å²) in [6.07, 6.45) is -5.36. The van der Waals surface area contributed by atoms with E-state index in [0.717, 1.165) is 18.6 Å². The molecule has 0 aliphatic carbocycles. The Kier molecular flexibility index (Phi) is 6.77. The standard InChI is InChI=1S/C20H20F6N8O2/c1-11(31-14-10-30-32-16(35)15(14)20(24,25)26)6-13-9-29-18(36-13)34-4-2-33(3-5-34)17-27-7-12(8-28-17)19(21,22)23/h7-11H,2-6H2,1H3,(H2,31,32,35)/t11-/m0/s1. The van der Waals surface area contributed by atoms with Crippen molar-refractivity contribution in [2.24, 2.45) is 0 Å². The van der Waals surface area contributed by atoms with Crippen molar-refractivity contribution < 1.29 is 30.8 Å². The molecular weight excluding hydrogens is 498 g/mol. The van der Waals surface area contributed by atoms with E-state index in [1.165, 1.54) is 6.20 Å². The van der Waals surface area contributed by atoms with Crippen LogP contribution in [0.25, 0.3) is 0 Å². The van der Waals surface area contributed by atoms with E-state index >= 15 is 0 Å². The lowest BCUT2D eigenvalue weighted by Crippen LogP contribution is -2.47. The smallest absolute Gasteiger partial charge is 0.423 e. The van der Waals surface area contributed by atoms with Crippen LogP contribution in [-0.4, -0.2) is 57.4 Å². The molecule has 1 aliphatic rings. The number of hydrogen-bond donors (Lipinski definition) is 2. The Hall–Kier alpha value is -3.85. The minimum absolute atomic E-state index is 0.177. The third-order valence-electron chi connectivity index (χ3n) is 5.39. The molecule has 0 radical (unpaired) electrons. The second-order valence-electron chi connectivity index (χ2n) is 8.09. The Morgan fingerprint density at radius 1 is 0.972 bits per heavy atom. The van der Waals surface area contributed by atoms with Gasteiger partial charge in [-0.25, -0.2) is 20.1 Å². The predicted octanol–water partition coefficient (Wildman–Crippen LogP) is 2.96. The van der Waals surface area contributed by atoms with Gasteiger partial charge in [0.1, 0.15) is 11.3 Å². The number of aromatic nitrogens is 5. The van der Waals surface area contributed by atoms with E-state index in [2.05, 4.69) is 25.4 Å². The lowest BCUT2D eigenvalue weighted by molar-refractivity contribution is -0.139. The van der Waals surface area contributed by atoms with Crippen LogP contribution >= 0.6 is 0 Å². The maximum Gasteiger partial charge on any atom is 0.423 e. The summed E-state index contributed by atoms with van der Waals surface area (Å²) in [6, 6.07) is -0.247. The van der Waals surface area contributed by atoms with E-state index < -0.39 is 40.8 Å². The second-order valence-corrected chi connectivity index (χ2v) is 8.09. The number of hydrogen-bond acceptors (Lipinski definition) is 9. The minimum Gasteiger partial charge on any atom is -0.429 e. The normalized spacial score (nSPS) is 15.8. The molecule has 0 spiro atoms. The highest BCUT2D eigenvalue weighted by Gasteiger charge is 2.37. The van der Waals surface area contributed by atoms with Gasteiger partial charge in [-0.05, 0) is 6.92 Å². The first-order chi connectivity index (χ1) is 16.9. The first-order valence-corrected chi connectivity index (χ1v) is 10.7. The van der Waals surface area contributed by atoms with Gasteiger partial charge in [-0.15, -0.1) is 0 Å². The van der Waals surface area contributed by atoms with E-state index in [0.29, 0.717) is 38.0 Å². The van der Waals surface area contributed by atoms with Gasteiger partial charge in [0.05, 0.1) is 23.6 Å². The summed E-state index contributed by atoms with van der Waals surface area (Å²) in [5, 5.41) is 7.83. The van der Waals surface area contributed by atoms with E-state index in [9.17, 15) is 31.1 Å². The van der Waals surface area contributed by atoms with Crippen LogP contribution in [0.2, 0.25) is 0 Å². The number of halogens is 6. The van der Waals surface area contributed by atoms with E-state index in [1.807, 2.05) is 4.90 Å². The van der Waals surface area contributed by atoms with Crippen LogP contribution in [0.1, 0.15) is 23.8 Å². The number of piperazine rings is 1. The molecule has 1 atom stereocenters. The molecule has 3 aromatic rings. The van der Waals surface area contributed by atoms with E-state index in [-0.39, 0.29) is 12.4 Å². The number of aromatic amines is 1. The molecule has 16 heteroatoms. The summed E-state index contributed by atoms with van der Waals surface area (Å²) in [6.45, 7) is 3.32. The van der Waals surface area contributed by atoms with Gasteiger partial charge < -0.3 is 19.5 Å². The molecule has 36 heavy (non-hydrogen) atoms. The molecule has 4 rings (SSSR count). The predicted molar refractivity (Wildman–Crippen MR) is 115 cm³/mol. The first-order valence-electron chi connectivity index (χ1n) is 10.7. The third-order valence-corrected chi connectivity index (χ3v) is 5.39. The van der Waals surface area contributed by atoms with Crippen molar-refractivity contribution in [1.82, 2.24) is 25.1 Å². The average Bonchev–Trinajstić information content (AvgIpc) is 3.26. The number of nitrogens with zero attached hydrogens (tertiary/aromatic N) is 6. The second kappa shape index (κ2) is 9.66. The molecule has 0 aromatic carbocycles. The molecule has 0 saturated carbocycles. The molecule has 1 aliphatic heterocycles. The highest BCUT2D eigenvalue weighted by Crippen LogP contribution is 2.32. The molecule has 1 fully saturated rings. The fraction of sp³-hybridized carbons (Fsp3) is 0.450. The summed E-state index contributed by atoms with van der Waals surface area (Å²) in [7, 11) is 0. The number of nitrogens with one attached hydrogen (secondary N) is 2. The van der Waals surface area contributed by atoms with Gasteiger partial charge in [0.2, 0.25) is 5.95 Å². The van der Waals surface area contributed by atoms with Crippen LogP contribution in [0.3, 0.4) is 0 Å². The zero-order valence-electron chi connectivity index (χ0n) is 18.7. The monoisotopic (exact) mass is 518 g/mol. The lowest BCUT2D eigenvalue weighted by Gasteiger charge is -2.33. The average molecular weight is 518 g/mol. The maximum atomic E-state index is 13.2. The van der Waals surface area contributed by atoms with Crippen molar-refractivity contribution in [3.05, 3.63) is 52.0 Å². The van der Waals surface area contributed by atoms with Crippen LogP contribution < -0.4 is 20.7 Å². The molecule has 3 aromatic heterocycles. The number of H-pyrrole nitrogens is 1. The van der Waals surface area contributed by atoms with Gasteiger partial charge in [-0.1, -0.05) is 0 Å². The zero-order valence-corrected chi connectivity index (χ0v) is 18.7. The van der Waals surface area contributed by atoms with Gasteiger partial charge in [0.15, 0.2) is 0 Å². The summed E-state index contributed by atoms with van der Waals surface area (Å²) < 4.78 is 83.5. The molecule has 10 nitrogen and oxygen atoms in total. The van der Waals surface area contributed by atoms with Gasteiger partial charge >= 0.3 is 12.4 Å². The summed E-state index contributed by atoms with van der Waals surface area (Å²) >= 11 is 0. The number of alkyl halides is 6. The summed E-state index contributed by atoms with van der Waals surface area (Å²) in [5.41, 5.74) is -4.08. The van der Waals surface area contributed by atoms with Crippen LogP contribution in [0.5, 0.6) is 0 Å². The Labute approximate surface area is 199 Å². The number of oxazole rings is 1. The van der Waals surface area contributed by atoms with Gasteiger partial charge in [-0.3, -0.25) is 4.79 Å². The Balaban J connectivity index is 1.34. The summed E-state index contributed by atoms with van der Waals surface area (Å²) in [4.78, 5) is 27.0. The molecule has 0 bridgehead atoms. The molecule has 4 heterocycles. The van der Waals surface area contributed by atoms with E-state index in [4.69, 9.17) is 4.42 Å². The van der Waals surface area contributed by atoms with Crippen molar-refractivity contribution in [2.45, 2.75) is 31.7 Å². The SMILES string of the molecule is C[C@@H](Cc1cnc(N2CCN(c3ncc(C(F)(F)F)cn3)CC2)o1)Nc1cn[nH]c(=O)c1C(F)(F)F. The van der Waals surface area contributed by atoms with Crippen LogP contribution in [0.15, 0.2) is 34.0 Å². The Bertz CT molecular complexity index is 1230. The summed E-state index contributed by atoms with van der Waals surface area (Å²) in [5.74, 6) is 0.591. The van der Waals surface area contributed by atoms with Gasteiger partial charge in [-0.2, -0.15) is 31.4 Å². The lowest BCUT2D eigenvalue weighted by atomic mass is 10.1. The van der Waals surface area contributed by atoms with Crippen molar-refractivity contribution in [3.8, 4) is 0 Å². The Morgan fingerprint density at radius 3 is 2.22 bits per heavy atom. The topological polar surface area (TPSA) is 116 Å². The molecule has 194 valence electrons. The molecule has 0 unspecified atom stereocenters. The highest BCUT2D eigenvalue weighted by atomic mass is 19.4. The quantitative estimate of drug-likeness (QED) is 0.475. The number of rotatable bonds is 6. The van der Waals surface area contributed by atoms with Crippen molar-refractivity contribution >= 4 is 17.7 Å². The third kappa shape index (κ3) is 5.68. The fourth-order valence-corrected chi connectivity index (χ4v) is 3.67. The fourth-order valence-electron chi connectivity index (χ4n) is 3.67.